The molecule has 2 aromatic rings. The standard InChI is InChI=1S/C17H20BrNO/c18-15-7-5-14-12-16(8-6-13(14)11-15)19-9-1-3-17-4-2-10-20-17/h5-8,11-12,17,19H,1-4,9-10H2. The summed E-state index contributed by atoms with van der Waals surface area (Å²) in [4.78, 5) is 0. The molecule has 0 aromatic heterocycles. The van der Waals surface area contributed by atoms with Crippen molar-refractivity contribution in [2.24, 2.45) is 0 Å². The first-order chi connectivity index (χ1) is 9.81. The molecule has 1 heterocycles. The van der Waals surface area contributed by atoms with E-state index in [0.717, 1.165) is 17.6 Å². The van der Waals surface area contributed by atoms with Crippen molar-refractivity contribution >= 4 is 32.4 Å². The SMILES string of the molecule is Brc1ccc2cc(NCCCC3CCCO3)ccc2c1. The van der Waals surface area contributed by atoms with Crippen LogP contribution in [0.15, 0.2) is 40.9 Å². The molecule has 2 nitrogen and oxygen atoms in total. The van der Waals surface area contributed by atoms with Crippen LogP contribution in [0, 0.1) is 0 Å². The zero-order valence-corrected chi connectivity index (χ0v) is 13.2. The lowest BCUT2D eigenvalue weighted by atomic mass is 10.1. The second-order valence-corrected chi connectivity index (χ2v) is 6.33. The van der Waals surface area contributed by atoms with Crippen molar-refractivity contribution in [3.63, 3.8) is 0 Å². The monoisotopic (exact) mass is 333 g/mol. The van der Waals surface area contributed by atoms with Crippen molar-refractivity contribution in [2.75, 3.05) is 18.5 Å². The molecule has 0 amide bonds. The Balaban J connectivity index is 1.53. The van der Waals surface area contributed by atoms with Crippen LogP contribution < -0.4 is 5.32 Å². The fourth-order valence-corrected chi connectivity index (χ4v) is 3.14. The van der Waals surface area contributed by atoms with Gasteiger partial charge in [-0.25, -0.2) is 0 Å². The lowest BCUT2D eigenvalue weighted by molar-refractivity contribution is 0.103. The second-order valence-electron chi connectivity index (χ2n) is 5.41. The van der Waals surface area contributed by atoms with Crippen molar-refractivity contribution in [3.8, 4) is 0 Å². The highest BCUT2D eigenvalue weighted by atomic mass is 79.9. The highest BCUT2D eigenvalue weighted by Crippen LogP contribution is 2.23. The zero-order chi connectivity index (χ0) is 13.8. The van der Waals surface area contributed by atoms with Gasteiger partial charge in [-0.05, 0) is 60.7 Å². The van der Waals surface area contributed by atoms with Crippen molar-refractivity contribution < 1.29 is 4.74 Å². The molecule has 1 N–H and O–H groups in total. The molecular formula is C17H20BrNO. The molecule has 3 rings (SSSR count). The Bertz CT molecular complexity index is 578. The average molecular weight is 334 g/mol. The van der Waals surface area contributed by atoms with Crippen LogP contribution in [0.4, 0.5) is 5.69 Å². The lowest BCUT2D eigenvalue weighted by Crippen LogP contribution is -2.08. The quantitative estimate of drug-likeness (QED) is 0.779. The summed E-state index contributed by atoms with van der Waals surface area (Å²) >= 11 is 3.51. The Hall–Kier alpha value is -1.06. The maximum Gasteiger partial charge on any atom is 0.0576 e. The number of rotatable bonds is 5. The Labute approximate surface area is 128 Å². The number of benzene rings is 2. The molecular weight excluding hydrogens is 314 g/mol. The van der Waals surface area contributed by atoms with E-state index in [2.05, 4.69) is 57.6 Å². The predicted octanol–water partition coefficient (Wildman–Crippen LogP) is 4.97. The summed E-state index contributed by atoms with van der Waals surface area (Å²) in [5, 5.41) is 6.05. The highest BCUT2D eigenvalue weighted by molar-refractivity contribution is 9.10. The van der Waals surface area contributed by atoms with Crippen LogP contribution >= 0.6 is 15.9 Å². The van der Waals surface area contributed by atoms with Crippen molar-refractivity contribution in [2.45, 2.75) is 31.8 Å². The third-order valence-electron chi connectivity index (χ3n) is 3.86. The lowest BCUT2D eigenvalue weighted by Gasteiger charge is -2.11. The van der Waals surface area contributed by atoms with Gasteiger partial charge < -0.3 is 10.1 Å². The van der Waals surface area contributed by atoms with E-state index in [9.17, 15) is 0 Å². The van der Waals surface area contributed by atoms with E-state index in [0.29, 0.717) is 6.10 Å². The first-order valence-electron chi connectivity index (χ1n) is 7.36. The van der Waals surface area contributed by atoms with Gasteiger partial charge in [0.1, 0.15) is 0 Å². The van der Waals surface area contributed by atoms with E-state index >= 15 is 0 Å². The van der Waals surface area contributed by atoms with E-state index in [1.165, 1.54) is 42.1 Å². The Morgan fingerprint density at radius 2 is 2.00 bits per heavy atom. The molecule has 1 unspecified atom stereocenters. The summed E-state index contributed by atoms with van der Waals surface area (Å²) in [6, 6.07) is 12.9. The molecule has 1 atom stereocenters. The van der Waals surface area contributed by atoms with Crippen LogP contribution in [-0.2, 0) is 4.74 Å². The minimum absolute atomic E-state index is 0.505. The van der Waals surface area contributed by atoms with Crippen LogP contribution in [0.5, 0.6) is 0 Å². The maximum absolute atomic E-state index is 5.64. The Morgan fingerprint density at radius 3 is 2.85 bits per heavy atom. The number of fused-ring (bicyclic) bond motifs is 1. The molecule has 1 aliphatic rings. The molecule has 0 aliphatic carbocycles. The number of anilines is 1. The molecule has 106 valence electrons. The molecule has 2 aromatic carbocycles. The molecule has 0 spiro atoms. The highest BCUT2D eigenvalue weighted by Gasteiger charge is 2.14. The zero-order valence-electron chi connectivity index (χ0n) is 11.6. The second kappa shape index (κ2) is 6.59. The fraction of sp³-hybridized carbons (Fsp3) is 0.412. The summed E-state index contributed by atoms with van der Waals surface area (Å²) in [6.45, 7) is 1.97. The Morgan fingerprint density at radius 1 is 1.15 bits per heavy atom. The van der Waals surface area contributed by atoms with Gasteiger partial charge >= 0.3 is 0 Å². The Kier molecular flexibility index (Phi) is 4.58. The molecule has 1 aliphatic heterocycles. The fourth-order valence-electron chi connectivity index (χ4n) is 2.76. The van der Waals surface area contributed by atoms with Gasteiger partial charge in [-0.15, -0.1) is 0 Å². The number of ether oxygens (including phenoxy) is 1. The molecule has 1 fully saturated rings. The summed E-state index contributed by atoms with van der Waals surface area (Å²) in [7, 11) is 0. The summed E-state index contributed by atoms with van der Waals surface area (Å²) in [6.07, 6.45) is 5.32. The number of halogens is 1. The predicted molar refractivity (Wildman–Crippen MR) is 88.3 cm³/mol. The molecule has 1 saturated heterocycles. The van der Waals surface area contributed by atoms with E-state index < -0.39 is 0 Å². The van der Waals surface area contributed by atoms with Gasteiger partial charge in [-0.2, -0.15) is 0 Å². The summed E-state index contributed by atoms with van der Waals surface area (Å²) < 4.78 is 6.77. The van der Waals surface area contributed by atoms with Gasteiger partial charge in [-0.1, -0.05) is 28.1 Å². The molecule has 0 bridgehead atoms. The van der Waals surface area contributed by atoms with Gasteiger partial charge in [0.15, 0.2) is 0 Å². The minimum Gasteiger partial charge on any atom is -0.385 e. The van der Waals surface area contributed by atoms with Crippen molar-refractivity contribution in [1.82, 2.24) is 0 Å². The molecule has 20 heavy (non-hydrogen) atoms. The van der Waals surface area contributed by atoms with E-state index in [-0.39, 0.29) is 0 Å². The van der Waals surface area contributed by atoms with Crippen molar-refractivity contribution in [1.29, 1.82) is 0 Å². The maximum atomic E-state index is 5.64. The third kappa shape index (κ3) is 3.53. The average Bonchev–Trinajstić information content (AvgIpc) is 2.97. The van der Waals surface area contributed by atoms with E-state index in [1.807, 2.05) is 0 Å². The first-order valence-corrected chi connectivity index (χ1v) is 8.15. The van der Waals surface area contributed by atoms with Gasteiger partial charge in [0.05, 0.1) is 6.10 Å². The summed E-state index contributed by atoms with van der Waals surface area (Å²) in [5.74, 6) is 0. The summed E-state index contributed by atoms with van der Waals surface area (Å²) in [5.41, 5.74) is 1.20. The molecule has 3 heteroatoms. The van der Waals surface area contributed by atoms with Crippen molar-refractivity contribution in [3.05, 3.63) is 40.9 Å². The van der Waals surface area contributed by atoms with Crippen LogP contribution in [0.1, 0.15) is 25.7 Å². The van der Waals surface area contributed by atoms with Gasteiger partial charge in [0.25, 0.3) is 0 Å². The normalized spacial score (nSPS) is 18.6. The van der Waals surface area contributed by atoms with E-state index in [1.54, 1.807) is 0 Å². The van der Waals surface area contributed by atoms with Crippen LogP contribution in [0.3, 0.4) is 0 Å². The molecule has 0 radical (unpaired) electrons. The number of hydrogen-bond acceptors (Lipinski definition) is 2. The minimum atomic E-state index is 0.505. The van der Waals surface area contributed by atoms with Crippen LogP contribution in [0.2, 0.25) is 0 Å². The largest absolute Gasteiger partial charge is 0.385 e. The third-order valence-corrected chi connectivity index (χ3v) is 4.35. The van der Waals surface area contributed by atoms with Crippen LogP contribution in [-0.4, -0.2) is 19.3 Å². The number of nitrogens with one attached hydrogen (secondary N) is 1. The van der Waals surface area contributed by atoms with Gasteiger partial charge in [0.2, 0.25) is 0 Å². The topological polar surface area (TPSA) is 21.3 Å². The smallest absolute Gasteiger partial charge is 0.0576 e. The van der Waals surface area contributed by atoms with E-state index in [4.69, 9.17) is 4.74 Å². The van der Waals surface area contributed by atoms with Crippen LogP contribution in [0.25, 0.3) is 10.8 Å². The number of hydrogen-bond donors (Lipinski definition) is 1. The van der Waals surface area contributed by atoms with Gasteiger partial charge in [-0.3, -0.25) is 0 Å². The molecule has 0 saturated carbocycles. The first kappa shape index (κ1) is 13.9. The van der Waals surface area contributed by atoms with Gasteiger partial charge in [0, 0.05) is 23.3 Å².